The normalized spacial score (nSPS) is 18.8. The molecule has 1 N–H and O–H groups in total. The van der Waals surface area contributed by atoms with Crippen LogP contribution in [-0.4, -0.2) is 78.8 Å². The zero-order valence-corrected chi connectivity index (χ0v) is 15.1. The number of hydrogen-bond acceptors (Lipinski definition) is 7. The van der Waals surface area contributed by atoms with E-state index in [0.29, 0.717) is 26.2 Å². The van der Waals surface area contributed by atoms with Gasteiger partial charge in [-0.1, -0.05) is 12.1 Å². The highest BCUT2D eigenvalue weighted by Crippen LogP contribution is 2.16. The van der Waals surface area contributed by atoms with Gasteiger partial charge in [0.25, 0.3) is 5.69 Å². The molecule has 1 aromatic carbocycles. The minimum absolute atomic E-state index is 0.0195. The van der Waals surface area contributed by atoms with Crippen molar-refractivity contribution in [3.8, 4) is 0 Å². The summed E-state index contributed by atoms with van der Waals surface area (Å²) in [6, 6.07) is 6.22. The second kappa shape index (κ2) is 8.54. The lowest BCUT2D eigenvalue weighted by Crippen LogP contribution is -2.49. The summed E-state index contributed by atoms with van der Waals surface area (Å²) in [7, 11) is -3.66. The summed E-state index contributed by atoms with van der Waals surface area (Å²) in [6.45, 7) is 1.34. The van der Waals surface area contributed by atoms with Gasteiger partial charge in [-0.3, -0.25) is 19.8 Å². The van der Waals surface area contributed by atoms with Crippen molar-refractivity contribution in [1.29, 1.82) is 0 Å². The largest absolute Gasteiger partial charge is 0.480 e. The van der Waals surface area contributed by atoms with E-state index in [0.717, 1.165) is 16.1 Å². The molecule has 2 rings (SSSR count). The number of nitrogens with zero attached hydrogens (tertiary/aromatic N) is 3. The van der Waals surface area contributed by atoms with Crippen molar-refractivity contribution in [1.82, 2.24) is 9.21 Å². The van der Waals surface area contributed by atoms with Crippen molar-refractivity contribution < 1.29 is 28.0 Å². The van der Waals surface area contributed by atoms with E-state index >= 15 is 0 Å². The van der Waals surface area contributed by atoms with Crippen LogP contribution in [0, 0.1) is 10.1 Å². The fraction of sp³-hybridized carbons (Fsp3) is 0.533. The van der Waals surface area contributed by atoms with E-state index in [1.54, 1.807) is 12.1 Å². The van der Waals surface area contributed by atoms with Crippen LogP contribution in [0.15, 0.2) is 24.3 Å². The maximum absolute atomic E-state index is 11.7. The summed E-state index contributed by atoms with van der Waals surface area (Å²) in [5, 5.41) is 19.6. The van der Waals surface area contributed by atoms with Crippen LogP contribution in [0.4, 0.5) is 5.69 Å². The van der Waals surface area contributed by atoms with Crippen molar-refractivity contribution in [3.63, 3.8) is 0 Å². The van der Waals surface area contributed by atoms with Gasteiger partial charge in [0.15, 0.2) is 0 Å². The van der Waals surface area contributed by atoms with Crippen molar-refractivity contribution in [2.75, 3.05) is 39.0 Å². The maximum Gasteiger partial charge on any atom is 0.318 e. The van der Waals surface area contributed by atoms with E-state index in [1.807, 2.05) is 4.90 Å². The molecule has 0 radical (unpaired) electrons. The first kappa shape index (κ1) is 20.2. The van der Waals surface area contributed by atoms with Gasteiger partial charge in [0.2, 0.25) is 10.0 Å². The van der Waals surface area contributed by atoms with Gasteiger partial charge in [0.05, 0.1) is 23.9 Å². The van der Waals surface area contributed by atoms with Crippen LogP contribution in [0.2, 0.25) is 0 Å². The molecule has 0 amide bonds. The molecule has 0 bridgehead atoms. The second-order valence-corrected chi connectivity index (χ2v) is 8.08. The molecule has 1 atom stereocenters. The van der Waals surface area contributed by atoms with E-state index in [4.69, 9.17) is 9.84 Å². The predicted octanol–water partition coefficient (Wildman–Crippen LogP) is 0.142. The number of rotatable bonds is 8. The summed E-state index contributed by atoms with van der Waals surface area (Å²) < 4.78 is 29.9. The highest BCUT2D eigenvalue weighted by atomic mass is 32.2. The number of aliphatic carboxylic acids is 1. The molecule has 0 saturated carbocycles. The van der Waals surface area contributed by atoms with Crippen LogP contribution in [0.1, 0.15) is 5.56 Å². The van der Waals surface area contributed by atoms with Crippen LogP contribution in [0.25, 0.3) is 0 Å². The monoisotopic (exact) mass is 387 g/mol. The molecule has 1 aliphatic heterocycles. The average molecular weight is 387 g/mol. The Hall–Kier alpha value is -2.08. The maximum atomic E-state index is 11.7. The van der Waals surface area contributed by atoms with E-state index in [1.165, 1.54) is 12.1 Å². The molecule has 1 aromatic rings. The lowest BCUT2D eigenvalue weighted by Gasteiger charge is -2.34. The van der Waals surface area contributed by atoms with Gasteiger partial charge in [-0.05, 0) is 5.56 Å². The number of benzene rings is 1. The summed E-state index contributed by atoms with van der Waals surface area (Å²) in [5.74, 6) is -1.23. The summed E-state index contributed by atoms with van der Waals surface area (Å²) in [6.07, 6.45) is 0.517. The second-order valence-electron chi connectivity index (χ2n) is 6.10. The SMILES string of the molecule is CS(=O)(=O)N(CC(=O)O)CC1CN(Cc2ccc([N+](=O)[O-])cc2)CCO1. The molecule has 1 unspecified atom stereocenters. The van der Waals surface area contributed by atoms with Crippen LogP contribution < -0.4 is 0 Å². The predicted molar refractivity (Wildman–Crippen MR) is 92.2 cm³/mol. The van der Waals surface area contributed by atoms with Crippen molar-refractivity contribution in [2.45, 2.75) is 12.6 Å². The summed E-state index contributed by atoms with van der Waals surface area (Å²) >= 11 is 0. The highest BCUT2D eigenvalue weighted by Gasteiger charge is 2.28. The van der Waals surface area contributed by atoms with Crippen molar-refractivity contribution >= 4 is 21.7 Å². The Morgan fingerprint density at radius 1 is 1.42 bits per heavy atom. The average Bonchev–Trinajstić information content (AvgIpc) is 2.54. The molecular formula is C15H21N3O7S. The summed E-state index contributed by atoms with van der Waals surface area (Å²) in [5.41, 5.74) is 0.910. The fourth-order valence-corrected chi connectivity index (χ4v) is 3.49. The Labute approximate surface area is 151 Å². The zero-order chi connectivity index (χ0) is 19.3. The Bertz CT molecular complexity index is 751. The molecule has 10 nitrogen and oxygen atoms in total. The number of sulfonamides is 1. The van der Waals surface area contributed by atoms with Gasteiger partial charge in [-0.2, -0.15) is 4.31 Å². The molecule has 1 aliphatic rings. The molecule has 1 saturated heterocycles. The fourth-order valence-electron chi connectivity index (χ4n) is 2.71. The topological polar surface area (TPSA) is 130 Å². The number of carboxylic acids is 1. The van der Waals surface area contributed by atoms with E-state index in [9.17, 15) is 23.3 Å². The van der Waals surface area contributed by atoms with E-state index in [2.05, 4.69) is 0 Å². The molecule has 26 heavy (non-hydrogen) atoms. The number of nitro groups is 1. The first-order valence-electron chi connectivity index (χ1n) is 7.89. The lowest BCUT2D eigenvalue weighted by molar-refractivity contribution is -0.384. The Morgan fingerprint density at radius 2 is 2.08 bits per heavy atom. The van der Waals surface area contributed by atoms with Crippen LogP contribution in [0.3, 0.4) is 0 Å². The molecule has 0 spiro atoms. The number of ether oxygens (including phenoxy) is 1. The molecule has 1 fully saturated rings. The number of carboxylic acid groups (broad SMARTS) is 1. The van der Waals surface area contributed by atoms with E-state index < -0.39 is 33.6 Å². The third-order valence-electron chi connectivity index (χ3n) is 3.96. The number of carbonyl (C=O) groups is 1. The number of non-ortho nitro benzene ring substituents is 1. The highest BCUT2D eigenvalue weighted by molar-refractivity contribution is 7.88. The zero-order valence-electron chi connectivity index (χ0n) is 14.3. The molecule has 1 heterocycles. The van der Waals surface area contributed by atoms with Gasteiger partial charge in [-0.15, -0.1) is 0 Å². The van der Waals surface area contributed by atoms with Crippen LogP contribution >= 0.6 is 0 Å². The molecule has 144 valence electrons. The van der Waals surface area contributed by atoms with Crippen LogP contribution in [0.5, 0.6) is 0 Å². The first-order chi connectivity index (χ1) is 12.1. The standard InChI is InChI=1S/C15H21N3O7S/c1-26(23,24)17(11-15(19)20)10-14-9-16(6-7-25-14)8-12-2-4-13(5-3-12)18(21)22/h2-5,14H,6-11H2,1H3,(H,19,20). The van der Waals surface area contributed by atoms with Gasteiger partial charge in [0, 0.05) is 38.3 Å². The van der Waals surface area contributed by atoms with Crippen molar-refractivity contribution in [3.05, 3.63) is 39.9 Å². The lowest BCUT2D eigenvalue weighted by atomic mass is 10.1. The van der Waals surface area contributed by atoms with Gasteiger partial charge >= 0.3 is 5.97 Å². The molecule has 11 heteroatoms. The number of nitro benzene ring substituents is 1. The number of hydrogen-bond donors (Lipinski definition) is 1. The van der Waals surface area contributed by atoms with Gasteiger partial charge in [-0.25, -0.2) is 8.42 Å². The van der Waals surface area contributed by atoms with Crippen molar-refractivity contribution in [2.24, 2.45) is 0 Å². The minimum Gasteiger partial charge on any atom is -0.480 e. The van der Waals surface area contributed by atoms with Gasteiger partial charge in [0.1, 0.15) is 6.54 Å². The molecule has 0 aromatic heterocycles. The molecular weight excluding hydrogens is 366 g/mol. The first-order valence-corrected chi connectivity index (χ1v) is 9.74. The van der Waals surface area contributed by atoms with Crippen LogP contribution in [-0.2, 0) is 26.1 Å². The Balaban J connectivity index is 1.97. The third kappa shape index (κ3) is 6.02. The summed E-state index contributed by atoms with van der Waals surface area (Å²) in [4.78, 5) is 23.1. The quantitative estimate of drug-likeness (QED) is 0.492. The minimum atomic E-state index is -3.66. The smallest absolute Gasteiger partial charge is 0.318 e. The third-order valence-corrected chi connectivity index (χ3v) is 5.18. The Kier molecular flexibility index (Phi) is 6.64. The number of morpholine rings is 1. The van der Waals surface area contributed by atoms with Gasteiger partial charge < -0.3 is 9.84 Å². The Morgan fingerprint density at radius 3 is 2.62 bits per heavy atom. The van der Waals surface area contributed by atoms with E-state index in [-0.39, 0.29) is 12.2 Å². The molecule has 0 aliphatic carbocycles.